The molecule has 0 radical (unpaired) electrons. The molecule has 1 atom stereocenters. The molecule has 0 amide bonds. The van der Waals surface area contributed by atoms with Crippen LogP contribution in [0.3, 0.4) is 0 Å². The summed E-state index contributed by atoms with van der Waals surface area (Å²) in [7, 11) is 0. The Labute approximate surface area is 114 Å². The first-order valence-corrected chi connectivity index (χ1v) is 6.89. The van der Waals surface area contributed by atoms with Crippen molar-refractivity contribution in [1.29, 1.82) is 0 Å². The van der Waals surface area contributed by atoms with Gasteiger partial charge in [-0.25, -0.2) is 4.79 Å². The third-order valence-electron chi connectivity index (χ3n) is 3.17. The van der Waals surface area contributed by atoms with Crippen molar-refractivity contribution in [3.63, 3.8) is 0 Å². The number of nitrogens with one attached hydrogen (secondary N) is 1. The number of carboxylic acids is 1. The maximum Gasteiger partial charge on any atom is 0.327 e. The minimum Gasteiger partial charge on any atom is -0.480 e. The van der Waals surface area contributed by atoms with Gasteiger partial charge in [0.05, 0.1) is 0 Å². The average Bonchev–Trinajstić information content (AvgIpc) is 2.89. The lowest BCUT2D eigenvalue weighted by Gasteiger charge is -2.01. The predicted octanol–water partition coefficient (Wildman–Crippen LogP) is 0.622. The molecule has 0 saturated carbocycles. The van der Waals surface area contributed by atoms with Crippen molar-refractivity contribution in [3.8, 4) is 0 Å². The van der Waals surface area contributed by atoms with Gasteiger partial charge in [0.1, 0.15) is 17.8 Å². The van der Waals surface area contributed by atoms with Crippen LogP contribution in [0.1, 0.15) is 0 Å². The summed E-state index contributed by atoms with van der Waals surface area (Å²) < 4.78 is 1.84. The fourth-order valence-corrected chi connectivity index (χ4v) is 3.26. The van der Waals surface area contributed by atoms with Gasteiger partial charge in [0.2, 0.25) is 10.9 Å². The number of benzene rings is 1. The second kappa shape index (κ2) is 4.59. The number of pyridine rings is 1. The predicted molar refractivity (Wildman–Crippen MR) is 74.9 cm³/mol. The molecule has 1 unspecified atom stereocenters. The van der Waals surface area contributed by atoms with Gasteiger partial charge in [0, 0.05) is 23.3 Å². The molecule has 0 bridgehead atoms. The largest absolute Gasteiger partial charge is 0.480 e. The number of carbonyl (C=O) groups is 1. The number of aliphatic carboxylic acids is 1. The molecule has 1 aliphatic heterocycles. The van der Waals surface area contributed by atoms with E-state index in [1.54, 1.807) is 0 Å². The molecule has 1 aliphatic rings. The normalized spacial score (nSPS) is 21.4. The lowest BCUT2D eigenvalue weighted by molar-refractivity contribution is -0.484. The average molecular weight is 273 g/mol. The van der Waals surface area contributed by atoms with Crippen LogP contribution in [0.4, 0.5) is 0 Å². The van der Waals surface area contributed by atoms with E-state index in [1.165, 1.54) is 11.8 Å². The van der Waals surface area contributed by atoms with Crippen LogP contribution in [0.25, 0.3) is 15.9 Å². The molecule has 0 spiro atoms. The second-order valence-electron chi connectivity index (χ2n) is 4.38. The maximum atomic E-state index is 11.0. The van der Waals surface area contributed by atoms with Gasteiger partial charge in [-0.3, -0.25) is 0 Å². The molecule has 2 heterocycles. The van der Waals surface area contributed by atoms with Crippen LogP contribution >= 0.6 is 11.8 Å². The Kier molecular flexibility index (Phi) is 2.91. The minimum atomic E-state index is -0.820. The number of hydrogen-bond donors (Lipinski definition) is 2. The first kappa shape index (κ1) is 12.0. The molecule has 1 saturated heterocycles. The Balaban J connectivity index is 2.19. The van der Waals surface area contributed by atoms with Gasteiger partial charge in [0.25, 0.3) is 0 Å². The van der Waals surface area contributed by atoms with E-state index in [1.807, 2.05) is 40.6 Å². The van der Waals surface area contributed by atoms with Crippen molar-refractivity contribution in [1.82, 2.24) is 5.32 Å². The summed E-state index contributed by atoms with van der Waals surface area (Å²) in [4.78, 5) is 11.0. The second-order valence-corrected chi connectivity index (χ2v) is 5.41. The van der Waals surface area contributed by atoms with E-state index in [0.29, 0.717) is 5.75 Å². The molecule has 2 N–H and O–H groups in total. The Bertz CT molecular complexity index is 773. The van der Waals surface area contributed by atoms with Crippen molar-refractivity contribution < 1.29 is 14.1 Å². The third kappa shape index (κ3) is 2.06. The number of hydrogen-bond acceptors (Lipinski definition) is 3. The van der Waals surface area contributed by atoms with Crippen molar-refractivity contribution in [3.05, 3.63) is 48.5 Å². The number of thioether (sulfide) groups is 1. The summed E-state index contributed by atoms with van der Waals surface area (Å²) in [6.07, 6.45) is 0. The van der Waals surface area contributed by atoms with E-state index >= 15 is 0 Å². The molecule has 2 aromatic rings. The number of rotatable bonds is 1. The fraction of sp³-hybridized carbons (Fsp3) is 0.143. The number of carboxylic acid groups (broad SMARTS) is 1. The van der Waals surface area contributed by atoms with E-state index in [-0.39, 0.29) is 0 Å². The van der Waals surface area contributed by atoms with E-state index in [2.05, 4.69) is 12.0 Å². The highest BCUT2D eigenvalue weighted by molar-refractivity contribution is 8.08. The molecule has 19 heavy (non-hydrogen) atoms. The fourth-order valence-electron chi connectivity index (χ4n) is 2.15. The van der Waals surface area contributed by atoms with Crippen LogP contribution in [-0.4, -0.2) is 22.9 Å². The number of fused-ring (bicyclic) bond motifs is 1. The van der Waals surface area contributed by atoms with Crippen LogP contribution in [0, 0.1) is 6.72 Å². The van der Waals surface area contributed by atoms with Crippen molar-refractivity contribution in [2.24, 2.45) is 0 Å². The van der Waals surface area contributed by atoms with Gasteiger partial charge in [-0.1, -0.05) is 23.9 Å². The van der Waals surface area contributed by atoms with Crippen LogP contribution < -0.4 is 14.9 Å². The van der Waals surface area contributed by atoms with Gasteiger partial charge in [0.15, 0.2) is 0 Å². The molecule has 1 aromatic heterocycles. The van der Waals surface area contributed by atoms with Crippen LogP contribution in [-0.2, 0) is 4.79 Å². The smallest absolute Gasteiger partial charge is 0.327 e. The zero-order valence-corrected chi connectivity index (χ0v) is 11.0. The van der Waals surface area contributed by atoms with Crippen molar-refractivity contribution in [2.45, 2.75) is 6.04 Å². The van der Waals surface area contributed by atoms with Gasteiger partial charge in [-0.2, -0.15) is 4.24 Å². The first-order valence-electron chi connectivity index (χ1n) is 5.91. The molecular formula is C14H13N2O2S+. The zero-order valence-electron chi connectivity index (χ0n) is 10.2. The lowest BCUT2D eigenvalue weighted by atomic mass is 10.2. The summed E-state index contributed by atoms with van der Waals surface area (Å²) in [5.74, 6) is -0.281. The van der Waals surface area contributed by atoms with E-state index in [0.717, 1.165) is 21.3 Å². The Hall–Kier alpha value is -2.01. The minimum absolute atomic E-state index is 0.522. The standard InChI is InChI=1S/C14H12N2O2S/c1-16-11-5-3-2-4-9(11)6-7-12(16)13-15-10(8-19-13)14(17)18/h2-7,10,15H,1,8H2/p+1/b13-12+. The molecule has 5 heteroatoms. The summed E-state index contributed by atoms with van der Waals surface area (Å²) in [5.41, 5.74) is 1.02. The highest BCUT2D eigenvalue weighted by Crippen LogP contribution is 2.22. The van der Waals surface area contributed by atoms with Crippen LogP contribution in [0.2, 0.25) is 0 Å². The molecule has 1 fully saturated rings. The lowest BCUT2D eigenvalue weighted by Crippen LogP contribution is -2.41. The molecule has 3 rings (SSSR count). The van der Waals surface area contributed by atoms with E-state index in [4.69, 9.17) is 5.11 Å². The molecule has 1 aromatic carbocycles. The van der Waals surface area contributed by atoms with Gasteiger partial charge < -0.3 is 10.4 Å². The third-order valence-corrected chi connectivity index (χ3v) is 4.29. The topological polar surface area (TPSA) is 55.2 Å². The summed E-state index contributed by atoms with van der Waals surface area (Å²) in [6.45, 7) is 4.06. The Morgan fingerprint density at radius 3 is 2.89 bits per heavy atom. The Morgan fingerprint density at radius 1 is 1.37 bits per heavy atom. The highest BCUT2D eigenvalue weighted by atomic mass is 32.2. The van der Waals surface area contributed by atoms with Crippen molar-refractivity contribution >= 4 is 33.7 Å². The maximum absolute atomic E-state index is 11.0. The zero-order chi connectivity index (χ0) is 13.4. The first-order chi connectivity index (χ1) is 9.16. The molecular weight excluding hydrogens is 260 g/mol. The molecule has 0 aliphatic carbocycles. The number of para-hydroxylation sites is 1. The van der Waals surface area contributed by atoms with Crippen LogP contribution in [0.5, 0.6) is 0 Å². The van der Waals surface area contributed by atoms with Gasteiger partial charge in [-0.05, 0) is 12.1 Å². The Morgan fingerprint density at radius 2 is 2.16 bits per heavy atom. The van der Waals surface area contributed by atoms with Gasteiger partial charge in [-0.15, -0.1) is 0 Å². The highest BCUT2D eigenvalue weighted by Gasteiger charge is 2.27. The SMILES string of the molecule is C=[n+]1/c(=C2\NC(C(=O)O)CS2)ccc2ccccc21. The summed E-state index contributed by atoms with van der Waals surface area (Å²) >= 11 is 1.52. The quantitative estimate of drug-likeness (QED) is 0.748. The van der Waals surface area contributed by atoms with Crippen LogP contribution in [0.15, 0.2) is 36.4 Å². The number of nitrogens with zero attached hydrogens (tertiary/aromatic N) is 1. The van der Waals surface area contributed by atoms with Crippen molar-refractivity contribution in [2.75, 3.05) is 5.75 Å². The molecule has 96 valence electrons. The molecule has 4 nitrogen and oxygen atoms in total. The number of aromatic nitrogens is 1. The monoisotopic (exact) mass is 273 g/mol. The van der Waals surface area contributed by atoms with E-state index < -0.39 is 12.0 Å². The van der Waals surface area contributed by atoms with E-state index in [9.17, 15) is 4.79 Å². The summed E-state index contributed by atoms with van der Waals surface area (Å²) in [6, 6.07) is 11.4. The van der Waals surface area contributed by atoms with Gasteiger partial charge >= 0.3 is 5.97 Å². The summed E-state index contributed by atoms with van der Waals surface area (Å²) in [5, 5.41) is 14.9.